The summed E-state index contributed by atoms with van der Waals surface area (Å²) in [4.78, 5) is 23.5. The van der Waals surface area contributed by atoms with E-state index in [1.807, 2.05) is 55.1 Å². The molecule has 3 aromatic rings. The van der Waals surface area contributed by atoms with Gasteiger partial charge in [0.05, 0.1) is 0 Å². The molecule has 4 rings (SSSR count). The van der Waals surface area contributed by atoms with Gasteiger partial charge in [-0.25, -0.2) is 9.78 Å². The van der Waals surface area contributed by atoms with E-state index in [1.165, 1.54) is 0 Å². The smallest absolute Gasteiger partial charge is 0.317 e. The quantitative estimate of drug-likeness (QED) is 0.743. The molecule has 0 radical (unpaired) electrons. The van der Waals surface area contributed by atoms with Crippen molar-refractivity contribution in [3.05, 3.63) is 59.7 Å². The highest BCUT2D eigenvalue weighted by molar-refractivity contribution is 5.74. The standard InChI is InChI=1S/C22H26N4O2/c1-15-6-5-11-23-19(15)14-16(2)24-22(27)26-12-9-17(10-13-26)21-25-18-7-3-4-8-20(18)28-21/h3-8,11,16-17H,9-10,12-14H2,1-2H3,(H,24,27)/t16-/m1/s1. The molecule has 1 atom stereocenters. The fourth-order valence-electron chi connectivity index (χ4n) is 3.77. The molecule has 1 fully saturated rings. The SMILES string of the molecule is Cc1cccnc1C[C@@H](C)NC(=O)N1CCC(c2nc3ccccc3o2)CC1. The molecule has 1 N–H and O–H groups in total. The maximum absolute atomic E-state index is 12.6. The molecular formula is C22H26N4O2. The Kier molecular flexibility index (Phi) is 5.28. The summed E-state index contributed by atoms with van der Waals surface area (Å²) in [7, 11) is 0. The summed E-state index contributed by atoms with van der Waals surface area (Å²) in [6.45, 7) is 5.50. The van der Waals surface area contributed by atoms with Gasteiger partial charge in [-0.1, -0.05) is 18.2 Å². The molecule has 0 unspecified atom stereocenters. The Balaban J connectivity index is 1.30. The average Bonchev–Trinajstić information content (AvgIpc) is 3.14. The Hall–Kier alpha value is -2.89. The van der Waals surface area contributed by atoms with Crippen molar-refractivity contribution in [3.8, 4) is 0 Å². The minimum Gasteiger partial charge on any atom is -0.440 e. The molecule has 1 aliphatic heterocycles. The van der Waals surface area contributed by atoms with Gasteiger partial charge in [-0.3, -0.25) is 4.98 Å². The van der Waals surface area contributed by atoms with Gasteiger partial charge in [-0.05, 0) is 50.5 Å². The lowest BCUT2D eigenvalue weighted by molar-refractivity contribution is 0.174. The van der Waals surface area contributed by atoms with Gasteiger partial charge in [0, 0.05) is 43.4 Å². The topological polar surface area (TPSA) is 71.3 Å². The predicted octanol–water partition coefficient (Wildman–Crippen LogP) is 4.05. The third-order valence-electron chi connectivity index (χ3n) is 5.43. The molecule has 0 bridgehead atoms. The lowest BCUT2D eigenvalue weighted by Gasteiger charge is -2.31. The number of urea groups is 1. The first-order chi connectivity index (χ1) is 13.6. The maximum atomic E-state index is 12.6. The van der Waals surface area contributed by atoms with Gasteiger partial charge in [0.2, 0.25) is 0 Å². The summed E-state index contributed by atoms with van der Waals surface area (Å²) in [6, 6.07) is 11.9. The third kappa shape index (κ3) is 4.01. The van der Waals surface area contributed by atoms with Crippen LogP contribution in [0.15, 0.2) is 47.0 Å². The number of piperidine rings is 1. The molecule has 6 heteroatoms. The van der Waals surface area contributed by atoms with Gasteiger partial charge in [0.15, 0.2) is 11.5 Å². The van der Waals surface area contributed by atoms with Crippen molar-refractivity contribution in [1.29, 1.82) is 0 Å². The van der Waals surface area contributed by atoms with Gasteiger partial charge >= 0.3 is 6.03 Å². The monoisotopic (exact) mass is 378 g/mol. The predicted molar refractivity (Wildman–Crippen MR) is 108 cm³/mol. The number of benzene rings is 1. The number of para-hydroxylation sites is 2. The second-order valence-corrected chi connectivity index (χ2v) is 7.60. The number of oxazole rings is 1. The van der Waals surface area contributed by atoms with Crippen molar-refractivity contribution < 1.29 is 9.21 Å². The molecule has 2 amide bonds. The van der Waals surface area contributed by atoms with Crippen LogP contribution in [0.2, 0.25) is 0 Å². The number of aromatic nitrogens is 2. The van der Waals surface area contributed by atoms with Crippen LogP contribution in [0.25, 0.3) is 11.1 Å². The summed E-state index contributed by atoms with van der Waals surface area (Å²) in [6.07, 6.45) is 4.27. The normalized spacial score (nSPS) is 16.3. The number of fused-ring (bicyclic) bond motifs is 1. The molecule has 1 aromatic carbocycles. The summed E-state index contributed by atoms with van der Waals surface area (Å²) < 4.78 is 5.91. The highest BCUT2D eigenvalue weighted by Gasteiger charge is 2.27. The van der Waals surface area contributed by atoms with Crippen molar-refractivity contribution in [2.24, 2.45) is 0 Å². The molecule has 2 aromatic heterocycles. The van der Waals surface area contributed by atoms with Crippen molar-refractivity contribution in [1.82, 2.24) is 20.2 Å². The molecule has 0 saturated carbocycles. The molecule has 3 heterocycles. The summed E-state index contributed by atoms with van der Waals surface area (Å²) in [5, 5.41) is 3.11. The third-order valence-corrected chi connectivity index (χ3v) is 5.43. The number of hydrogen-bond donors (Lipinski definition) is 1. The van der Waals surface area contributed by atoms with Crippen molar-refractivity contribution in [2.45, 2.75) is 45.1 Å². The maximum Gasteiger partial charge on any atom is 0.317 e. The highest BCUT2D eigenvalue weighted by atomic mass is 16.3. The molecule has 146 valence electrons. The van der Waals surface area contributed by atoms with Crippen LogP contribution < -0.4 is 5.32 Å². The van der Waals surface area contributed by atoms with Crippen LogP contribution in [0.3, 0.4) is 0 Å². The molecule has 0 aliphatic carbocycles. The van der Waals surface area contributed by atoms with Crippen LogP contribution in [0.4, 0.5) is 4.79 Å². The molecule has 28 heavy (non-hydrogen) atoms. The van der Waals surface area contributed by atoms with Crippen molar-refractivity contribution in [2.75, 3.05) is 13.1 Å². The number of likely N-dealkylation sites (tertiary alicyclic amines) is 1. The first kappa shape index (κ1) is 18.5. The summed E-state index contributed by atoms with van der Waals surface area (Å²) >= 11 is 0. The van der Waals surface area contributed by atoms with Crippen molar-refractivity contribution in [3.63, 3.8) is 0 Å². The zero-order valence-corrected chi connectivity index (χ0v) is 16.4. The second-order valence-electron chi connectivity index (χ2n) is 7.60. The Labute approximate surface area is 165 Å². The van der Waals surface area contributed by atoms with Crippen LogP contribution in [-0.2, 0) is 6.42 Å². The fourth-order valence-corrected chi connectivity index (χ4v) is 3.77. The molecule has 1 saturated heterocycles. The van der Waals surface area contributed by atoms with Crippen LogP contribution >= 0.6 is 0 Å². The zero-order valence-electron chi connectivity index (χ0n) is 16.4. The Morgan fingerprint density at radius 1 is 1.25 bits per heavy atom. The van der Waals surface area contributed by atoms with Crippen LogP contribution in [-0.4, -0.2) is 40.0 Å². The van der Waals surface area contributed by atoms with E-state index in [4.69, 9.17) is 4.42 Å². The number of carbonyl (C=O) groups excluding carboxylic acids is 1. The molecule has 1 aliphatic rings. The van der Waals surface area contributed by atoms with Gasteiger partial charge < -0.3 is 14.6 Å². The highest BCUT2D eigenvalue weighted by Crippen LogP contribution is 2.29. The summed E-state index contributed by atoms with van der Waals surface area (Å²) in [5.41, 5.74) is 3.92. The number of hydrogen-bond acceptors (Lipinski definition) is 4. The van der Waals surface area contributed by atoms with E-state index in [1.54, 1.807) is 6.20 Å². The number of nitrogens with zero attached hydrogens (tertiary/aromatic N) is 3. The number of nitrogens with one attached hydrogen (secondary N) is 1. The number of aryl methyl sites for hydroxylation is 1. The largest absolute Gasteiger partial charge is 0.440 e. The first-order valence-corrected chi connectivity index (χ1v) is 9.91. The number of rotatable bonds is 4. The van der Waals surface area contributed by atoms with E-state index in [-0.39, 0.29) is 18.0 Å². The Morgan fingerprint density at radius 2 is 2.04 bits per heavy atom. The van der Waals surface area contributed by atoms with Crippen LogP contribution in [0.1, 0.15) is 42.8 Å². The van der Waals surface area contributed by atoms with E-state index >= 15 is 0 Å². The lowest BCUT2D eigenvalue weighted by atomic mass is 9.97. The number of pyridine rings is 1. The minimum atomic E-state index is -0.00269. The molecule has 6 nitrogen and oxygen atoms in total. The molecular weight excluding hydrogens is 352 g/mol. The van der Waals surface area contributed by atoms with Gasteiger partial charge in [0.1, 0.15) is 5.52 Å². The van der Waals surface area contributed by atoms with Crippen LogP contribution in [0, 0.1) is 6.92 Å². The lowest BCUT2D eigenvalue weighted by Crippen LogP contribution is -2.47. The van der Waals surface area contributed by atoms with E-state index < -0.39 is 0 Å². The first-order valence-electron chi connectivity index (χ1n) is 9.91. The van der Waals surface area contributed by atoms with Gasteiger partial charge in [-0.15, -0.1) is 0 Å². The Morgan fingerprint density at radius 3 is 2.79 bits per heavy atom. The van der Waals surface area contributed by atoms with E-state index in [2.05, 4.69) is 15.3 Å². The van der Waals surface area contributed by atoms with Crippen molar-refractivity contribution >= 4 is 17.1 Å². The minimum absolute atomic E-state index is 0.00269. The average molecular weight is 378 g/mol. The van der Waals surface area contributed by atoms with Gasteiger partial charge in [-0.2, -0.15) is 0 Å². The van der Waals surface area contributed by atoms with E-state index in [9.17, 15) is 4.79 Å². The Bertz CT molecular complexity index is 927. The van der Waals surface area contributed by atoms with Crippen LogP contribution in [0.5, 0.6) is 0 Å². The molecule has 0 spiro atoms. The van der Waals surface area contributed by atoms with E-state index in [0.29, 0.717) is 13.1 Å². The zero-order chi connectivity index (χ0) is 19.5. The van der Waals surface area contributed by atoms with Gasteiger partial charge in [0.25, 0.3) is 0 Å². The second kappa shape index (κ2) is 8.00. The number of amides is 2. The summed E-state index contributed by atoms with van der Waals surface area (Å²) in [5.74, 6) is 1.06. The number of carbonyl (C=O) groups is 1. The fraction of sp³-hybridized carbons (Fsp3) is 0.409. The van der Waals surface area contributed by atoms with E-state index in [0.717, 1.165) is 47.5 Å².